The molecule has 0 aliphatic carbocycles. The summed E-state index contributed by atoms with van der Waals surface area (Å²) in [5.74, 6) is 0.187. The molecule has 4 nitrogen and oxygen atoms in total. The number of pyridine rings is 1. The van der Waals surface area contributed by atoms with E-state index in [0.29, 0.717) is 6.42 Å². The van der Waals surface area contributed by atoms with Crippen LogP contribution in [0.25, 0.3) is 0 Å². The van der Waals surface area contributed by atoms with Gasteiger partial charge in [0.05, 0.1) is 6.04 Å². The molecule has 0 bridgehead atoms. The van der Waals surface area contributed by atoms with Crippen molar-refractivity contribution in [3.63, 3.8) is 0 Å². The summed E-state index contributed by atoms with van der Waals surface area (Å²) in [4.78, 5) is 18.5. The molecule has 2 rings (SSSR count). The van der Waals surface area contributed by atoms with Crippen molar-refractivity contribution in [2.24, 2.45) is 5.73 Å². The van der Waals surface area contributed by atoms with Crippen molar-refractivity contribution < 1.29 is 4.79 Å². The number of likely N-dealkylation sites (tertiary alicyclic amines) is 1. The van der Waals surface area contributed by atoms with Crippen molar-refractivity contribution >= 4 is 5.91 Å². The van der Waals surface area contributed by atoms with Crippen LogP contribution in [0.3, 0.4) is 0 Å². The van der Waals surface area contributed by atoms with Crippen LogP contribution >= 0.6 is 0 Å². The first-order valence-electron chi connectivity index (χ1n) is 7.17. The number of nitrogens with zero attached hydrogens (tertiary/aromatic N) is 2. The minimum absolute atomic E-state index is 0.00681. The van der Waals surface area contributed by atoms with Gasteiger partial charge in [0.25, 0.3) is 0 Å². The van der Waals surface area contributed by atoms with Crippen molar-refractivity contribution in [2.45, 2.75) is 51.1 Å². The lowest BCUT2D eigenvalue weighted by atomic mass is 10.1. The third-order valence-corrected chi connectivity index (χ3v) is 3.74. The average molecular weight is 261 g/mol. The van der Waals surface area contributed by atoms with Gasteiger partial charge in [-0.15, -0.1) is 0 Å². The summed E-state index contributed by atoms with van der Waals surface area (Å²) in [6, 6.07) is 4.16. The highest BCUT2D eigenvalue weighted by molar-refractivity contribution is 5.77. The first kappa shape index (κ1) is 14.0. The Kier molecular flexibility index (Phi) is 4.91. The molecule has 2 atom stereocenters. The van der Waals surface area contributed by atoms with Gasteiger partial charge in [-0.25, -0.2) is 0 Å². The highest BCUT2D eigenvalue weighted by Crippen LogP contribution is 2.31. The molecule has 0 aromatic carbocycles. The van der Waals surface area contributed by atoms with E-state index in [4.69, 9.17) is 5.73 Å². The Bertz CT molecular complexity index is 407. The number of nitrogens with two attached hydrogens (primary N) is 1. The van der Waals surface area contributed by atoms with E-state index in [-0.39, 0.29) is 18.0 Å². The molecule has 2 unspecified atom stereocenters. The van der Waals surface area contributed by atoms with Crippen LogP contribution in [0.5, 0.6) is 0 Å². The van der Waals surface area contributed by atoms with E-state index in [2.05, 4.69) is 18.0 Å². The summed E-state index contributed by atoms with van der Waals surface area (Å²) in [5, 5.41) is 0. The molecule has 0 saturated carbocycles. The second-order valence-corrected chi connectivity index (χ2v) is 5.28. The van der Waals surface area contributed by atoms with Gasteiger partial charge in [-0.05, 0) is 30.9 Å². The molecule has 19 heavy (non-hydrogen) atoms. The van der Waals surface area contributed by atoms with Crippen LogP contribution in [0.15, 0.2) is 24.5 Å². The standard InChI is InChI=1S/C15H23N3O/c1-2-5-13(16)10-15(19)18-9-4-7-14(18)12-6-3-8-17-11-12/h3,6,8,11,13-14H,2,4-5,7,9-10,16H2,1H3. The van der Waals surface area contributed by atoms with E-state index < -0.39 is 0 Å². The Balaban J connectivity index is 2.01. The number of aromatic nitrogens is 1. The van der Waals surface area contributed by atoms with Crippen molar-refractivity contribution in [2.75, 3.05) is 6.54 Å². The quantitative estimate of drug-likeness (QED) is 0.884. The van der Waals surface area contributed by atoms with E-state index in [1.165, 1.54) is 0 Å². The van der Waals surface area contributed by atoms with E-state index >= 15 is 0 Å². The molecule has 2 heterocycles. The van der Waals surface area contributed by atoms with Gasteiger partial charge >= 0.3 is 0 Å². The molecule has 1 aliphatic rings. The van der Waals surface area contributed by atoms with Crippen LogP contribution < -0.4 is 5.73 Å². The van der Waals surface area contributed by atoms with Gasteiger partial charge in [0, 0.05) is 31.4 Å². The van der Waals surface area contributed by atoms with E-state index in [9.17, 15) is 4.79 Å². The minimum Gasteiger partial charge on any atom is -0.336 e. The predicted octanol–water partition coefficient (Wildman–Crippen LogP) is 2.26. The fourth-order valence-corrected chi connectivity index (χ4v) is 2.80. The second-order valence-electron chi connectivity index (χ2n) is 5.28. The Labute approximate surface area is 115 Å². The smallest absolute Gasteiger partial charge is 0.224 e. The van der Waals surface area contributed by atoms with Crippen LogP contribution in [0.4, 0.5) is 0 Å². The summed E-state index contributed by atoms with van der Waals surface area (Å²) >= 11 is 0. The maximum absolute atomic E-state index is 12.3. The van der Waals surface area contributed by atoms with Gasteiger partial charge in [0.15, 0.2) is 0 Å². The molecule has 2 N–H and O–H groups in total. The molecule has 1 aromatic rings. The summed E-state index contributed by atoms with van der Waals surface area (Å²) in [5.41, 5.74) is 7.11. The third-order valence-electron chi connectivity index (χ3n) is 3.74. The van der Waals surface area contributed by atoms with Gasteiger partial charge < -0.3 is 10.6 Å². The summed E-state index contributed by atoms with van der Waals surface area (Å²) in [6.07, 6.45) is 8.13. The first-order valence-corrected chi connectivity index (χ1v) is 7.17. The number of hydrogen-bond acceptors (Lipinski definition) is 3. The molecule has 1 fully saturated rings. The van der Waals surface area contributed by atoms with E-state index in [0.717, 1.165) is 37.8 Å². The van der Waals surface area contributed by atoms with Crippen molar-refractivity contribution in [1.82, 2.24) is 9.88 Å². The molecule has 1 saturated heterocycles. The van der Waals surface area contributed by atoms with Gasteiger partial charge in [0.2, 0.25) is 5.91 Å². The number of amides is 1. The molecule has 104 valence electrons. The van der Waals surface area contributed by atoms with Crippen molar-refractivity contribution in [3.05, 3.63) is 30.1 Å². The van der Waals surface area contributed by atoms with Crippen molar-refractivity contribution in [1.29, 1.82) is 0 Å². The highest BCUT2D eigenvalue weighted by Gasteiger charge is 2.30. The lowest BCUT2D eigenvalue weighted by molar-refractivity contribution is -0.132. The first-order chi connectivity index (χ1) is 9.22. The second kappa shape index (κ2) is 6.66. The largest absolute Gasteiger partial charge is 0.336 e. The van der Waals surface area contributed by atoms with E-state index in [1.807, 2.05) is 17.2 Å². The number of rotatable bonds is 5. The lowest BCUT2D eigenvalue weighted by Crippen LogP contribution is -2.35. The molecular weight excluding hydrogens is 238 g/mol. The Morgan fingerprint density at radius 2 is 2.47 bits per heavy atom. The third kappa shape index (κ3) is 3.53. The Hall–Kier alpha value is -1.42. The maximum Gasteiger partial charge on any atom is 0.224 e. The van der Waals surface area contributed by atoms with Crippen LogP contribution in [0.2, 0.25) is 0 Å². The van der Waals surface area contributed by atoms with E-state index in [1.54, 1.807) is 6.20 Å². The van der Waals surface area contributed by atoms with Gasteiger partial charge in [-0.1, -0.05) is 19.4 Å². The van der Waals surface area contributed by atoms with Gasteiger partial charge in [-0.2, -0.15) is 0 Å². The Morgan fingerprint density at radius 3 is 3.16 bits per heavy atom. The zero-order chi connectivity index (χ0) is 13.7. The Morgan fingerprint density at radius 1 is 1.63 bits per heavy atom. The summed E-state index contributed by atoms with van der Waals surface area (Å²) in [6.45, 7) is 2.94. The van der Waals surface area contributed by atoms with Crippen LogP contribution in [-0.4, -0.2) is 28.4 Å². The van der Waals surface area contributed by atoms with Gasteiger partial charge in [-0.3, -0.25) is 9.78 Å². The molecule has 1 aromatic heterocycles. The number of carbonyl (C=O) groups excluding carboxylic acids is 1. The zero-order valence-electron chi connectivity index (χ0n) is 11.6. The molecule has 1 amide bonds. The van der Waals surface area contributed by atoms with Crippen LogP contribution in [-0.2, 0) is 4.79 Å². The molecule has 0 radical (unpaired) electrons. The lowest BCUT2D eigenvalue weighted by Gasteiger charge is -2.26. The predicted molar refractivity (Wildman–Crippen MR) is 75.4 cm³/mol. The molecule has 1 aliphatic heterocycles. The highest BCUT2D eigenvalue weighted by atomic mass is 16.2. The molecule has 4 heteroatoms. The van der Waals surface area contributed by atoms with Crippen LogP contribution in [0, 0.1) is 0 Å². The van der Waals surface area contributed by atoms with Crippen molar-refractivity contribution in [3.8, 4) is 0 Å². The maximum atomic E-state index is 12.3. The zero-order valence-corrected chi connectivity index (χ0v) is 11.6. The monoisotopic (exact) mass is 261 g/mol. The topological polar surface area (TPSA) is 59.2 Å². The SMILES string of the molecule is CCCC(N)CC(=O)N1CCCC1c1cccnc1. The molecule has 0 spiro atoms. The normalized spacial score (nSPS) is 20.5. The summed E-state index contributed by atoms with van der Waals surface area (Å²) in [7, 11) is 0. The van der Waals surface area contributed by atoms with Gasteiger partial charge in [0.1, 0.15) is 0 Å². The number of carbonyl (C=O) groups is 1. The minimum atomic E-state index is -0.00681. The summed E-state index contributed by atoms with van der Waals surface area (Å²) < 4.78 is 0. The fourth-order valence-electron chi connectivity index (χ4n) is 2.80. The molecular formula is C15H23N3O. The number of hydrogen-bond donors (Lipinski definition) is 1. The van der Waals surface area contributed by atoms with Crippen LogP contribution in [0.1, 0.15) is 50.6 Å². The average Bonchev–Trinajstić information content (AvgIpc) is 2.89. The fraction of sp³-hybridized carbons (Fsp3) is 0.600.